The Labute approximate surface area is 152 Å². The number of pyridine rings is 1. The van der Waals surface area contributed by atoms with Crippen molar-refractivity contribution in [3.05, 3.63) is 59.6 Å². The molecular formula is C19H20ClN5. The van der Waals surface area contributed by atoms with E-state index in [-0.39, 0.29) is 6.04 Å². The van der Waals surface area contributed by atoms with Gasteiger partial charge in [-0.1, -0.05) is 23.7 Å². The zero-order chi connectivity index (χ0) is 17.1. The van der Waals surface area contributed by atoms with Crippen molar-refractivity contribution in [2.45, 2.75) is 18.9 Å². The van der Waals surface area contributed by atoms with Crippen LogP contribution in [0.1, 0.15) is 24.4 Å². The highest BCUT2D eigenvalue weighted by molar-refractivity contribution is 6.30. The molecule has 1 N–H and O–H groups in total. The van der Waals surface area contributed by atoms with E-state index in [1.807, 2.05) is 18.2 Å². The predicted molar refractivity (Wildman–Crippen MR) is 101 cm³/mol. The molecule has 3 heterocycles. The molecule has 0 spiro atoms. The fourth-order valence-corrected chi connectivity index (χ4v) is 3.67. The van der Waals surface area contributed by atoms with Crippen LogP contribution in [0.15, 0.2) is 49.1 Å². The van der Waals surface area contributed by atoms with Crippen molar-refractivity contribution >= 4 is 28.3 Å². The fourth-order valence-electron chi connectivity index (χ4n) is 3.47. The molecule has 1 aromatic carbocycles. The average molecular weight is 354 g/mol. The lowest BCUT2D eigenvalue weighted by Gasteiger charge is -2.28. The highest BCUT2D eigenvalue weighted by Crippen LogP contribution is 2.28. The minimum absolute atomic E-state index is 0.271. The first kappa shape index (κ1) is 16.2. The van der Waals surface area contributed by atoms with Crippen LogP contribution in [-0.4, -0.2) is 39.5 Å². The van der Waals surface area contributed by atoms with E-state index in [9.17, 15) is 0 Å². The highest BCUT2D eigenvalue weighted by atomic mass is 35.5. The number of nitrogens with zero attached hydrogens (tertiary/aromatic N) is 4. The Bertz CT molecular complexity index is 858. The van der Waals surface area contributed by atoms with Gasteiger partial charge in [0.1, 0.15) is 12.1 Å². The van der Waals surface area contributed by atoms with Crippen LogP contribution in [0.4, 0.5) is 5.82 Å². The van der Waals surface area contributed by atoms with Crippen molar-refractivity contribution < 1.29 is 0 Å². The van der Waals surface area contributed by atoms with E-state index in [2.05, 4.69) is 37.3 Å². The number of likely N-dealkylation sites (tertiary alicyclic amines) is 1. The molecule has 0 saturated carbocycles. The van der Waals surface area contributed by atoms with Gasteiger partial charge in [0, 0.05) is 23.2 Å². The summed E-state index contributed by atoms with van der Waals surface area (Å²) >= 11 is 6.22. The third-order valence-corrected chi connectivity index (χ3v) is 4.95. The van der Waals surface area contributed by atoms with Gasteiger partial charge < -0.3 is 5.32 Å². The van der Waals surface area contributed by atoms with E-state index in [0.29, 0.717) is 0 Å². The zero-order valence-corrected chi connectivity index (χ0v) is 14.7. The largest absolute Gasteiger partial charge is 0.368 e. The first-order valence-electron chi connectivity index (χ1n) is 8.59. The van der Waals surface area contributed by atoms with Gasteiger partial charge in [0.2, 0.25) is 0 Å². The molecule has 1 saturated heterocycles. The van der Waals surface area contributed by atoms with Gasteiger partial charge in [0.15, 0.2) is 0 Å². The number of aromatic nitrogens is 3. The smallest absolute Gasteiger partial charge is 0.137 e. The van der Waals surface area contributed by atoms with Crippen LogP contribution in [0, 0.1) is 0 Å². The SMILES string of the molecule is Clc1cccc(C(CNc2ncnc3cnccc23)N2CCCC2)c1. The van der Waals surface area contributed by atoms with Crippen LogP contribution in [-0.2, 0) is 0 Å². The molecule has 2 aromatic heterocycles. The van der Waals surface area contributed by atoms with Crippen LogP contribution in [0.3, 0.4) is 0 Å². The summed E-state index contributed by atoms with van der Waals surface area (Å²) < 4.78 is 0. The predicted octanol–water partition coefficient (Wildman–Crippen LogP) is 3.93. The number of halogens is 1. The maximum Gasteiger partial charge on any atom is 0.137 e. The van der Waals surface area contributed by atoms with Crippen molar-refractivity contribution in [2.24, 2.45) is 0 Å². The lowest BCUT2D eigenvalue weighted by atomic mass is 10.1. The second-order valence-electron chi connectivity index (χ2n) is 6.31. The van der Waals surface area contributed by atoms with Crippen molar-refractivity contribution in [3.63, 3.8) is 0 Å². The Kier molecular flexibility index (Phi) is 4.76. The van der Waals surface area contributed by atoms with Gasteiger partial charge in [-0.05, 0) is 49.7 Å². The molecule has 128 valence electrons. The van der Waals surface area contributed by atoms with Crippen LogP contribution >= 0.6 is 11.6 Å². The minimum Gasteiger partial charge on any atom is -0.368 e. The minimum atomic E-state index is 0.271. The molecule has 4 rings (SSSR count). The molecule has 0 radical (unpaired) electrons. The molecule has 1 fully saturated rings. The van der Waals surface area contributed by atoms with E-state index in [1.54, 1.807) is 18.7 Å². The molecular weight excluding hydrogens is 334 g/mol. The van der Waals surface area contributed by atoms with Crippen molar-refractivity contribution in [1.82, 2.24) is 19.9 Å². The van der Waals surface area contributed by atoms with Crippen LogP contribution in [0.2, 0.25) is 5.02 Å². The summed E-state index contributed by atoms with van der Waals surface area (Å²) in [6.07, 6.45) is 7.61. The van der Waals surface area contributed by atoms with E-state index >= 15 is 0 Å². The number of anilines is 1. The molecule has 3 aromatic rings. The summed E-state index contributed by atoms with van der Waals surface area (Å²) in [4.78, 5) is 15.3. The second kappa shape index (κ2) is 7.33. The standard InChI is InChI=1S/C19H20ClN5/c20-15-5-3-4-14(10-15)18(25-8-1-2-9-25)12-22-19-16-6-7-21-11-17(16)23-13-24-19/h3-7,10-11,13,18H,1-2,8-9,12H2,(H,22,23,24). The van der Waals surface area contributed by atoms with Gasteiger partial charge in [-0.2, -0.15) is 0 Å². The van der Waals surface area contributed by atoms with Crippen molar-refractivity contribution in [1.29, 1.82) is 0 Å². The van der Waals surface area contributed by atoms with Gasteiger partial charge in [0.25, 0.3) is 0 Å². The van der Waals surface area contributed by atoms with Gasteiger partial charge in [0.05, 0.1) is 17.8 Å². The molecule has 0 aliphatic carbocycles. The first-order valence-corrected chi connectivity index (χ1v) is 8.97. The molecule has 25 heavy (non-hydrogen) atoms. The fraction of sp³-hybridized carbons (Fsp3) is 0.316. The molecule has 6 heteroatoms. The van der Waals surface area contributed by atoms with Crippen molar-refractivity contribution in [2.75, 3.05) is 25.0 Å². The summed E-state index contributed by atoms with van der Waals surface area (Å²) in [5, 5.41) is 5.29. The molecule has 1 atom stereocenters. The van der Waals surface area contributed by atoms with Gasteiger partial charge in [-0.3, -0.25) is 9.88 Å². The number of hydrogen-bond donors (Lipinski definition) is 1. The zero-order valence-electron chi connectivity index (χ0n) is 13.9. The number of rotatable bonds is 5. The number of nitrogens with one attached hydrogen (secondary N) is 1. The van der Waals surface area contributed by atoms with E-state index in [1.165, 1.54) is 18.4 Å². The molecule has 0 bridgehead atoms. The molecule has 5 nitrogen and oxygen atoms in total. The average Bonchev–Trinajstić information content (AvgIpc) is 3.16. The molecule has 1 aliphatic rings. The lowest BCUT2D eigenvalue weighted by Crippen LogP contribution is -2.31. The highest BCUT2D eigenvalue weighted by Gasteiger charge is 2.23. The van der Waals surface area contributed by atoms with E-state index < -0.39 is 0 Å². The Morgan fingerprint density at radius 3 is 2.88 bits per heavy atom. The Balaban J connectivity index is 1.60. The summed E-state index contributed by atoms with van der Waals surface area (Å²) in [5.74, 6) is 0.846. The van der Waals surface area contributed by atoms with E-state index in [0.717, 1.165) is 41.4 Å². The number of benzene rings is 1. The molecule has 0 amide bonds. The van der Waals surface area contributed by atoms with Gasteiger partial charge in [-0.25, -0.2) is 9.97 Å². The maximum atomic E-state index is 6.22. The quantitative estimate of drug-likeness (QED) is 0.753. The monoisotopic (exact) mass is 353 g/mol. The van der Waals surface area contributed by atoms with Gasteiger partial charge in [-0.15, -0.1) is 0 Å². The third-order valence-electron chi connectivity index (χ3n) is 4.72. The summed E-state index contributed by atoms with van der Waals surface area (Å²) in [6.45, 7) is 3.01. The topological polar surface area (TPSA) is 53.9 Å². The van der Waals surface area contributed by atoms with Crippen LogP contribution in [0.25, 0.3) is 10.9 Å². The Morgan fingerprint density at radius 1 is 1.16 bits per heavy atom. The number of hydrogen-bond acceptors (Lipinski definition) is 5. The van der Waals surface area contributed by atoms with Crippen LogP contribution < -0.4 is 5.32 Å². The molecule has 1 unspecified atom stereocenters. The lowest BCUT2D eigenvalue weighted by molar-refractivity contribution is 0.256. The van der Waals surface area contributed by atoms with Crippen LogP contribution in [0.5, 0.6) is 0 Å². The van der Waals surface area contributed by atoms with E-state index in [4.69, 9.17) is 11.6 Å². The maximum absolute atomic E-state index is 6.22. The van der Waals surface area contributed by atoms with Gasteiger partial charge >= 0.3 is 0 Å². The molecule has 1 aliphatic heterocycles. The second-order valence-corrected chi connectivity index (χ2v) is 6.75. The third kappa shape index (κ3) is 3.57. The summed E-state index contributed by atoms with van der Waals surface area (Å²) in [7, 11) is 0. The normalized spacial score (nSPS) is 16.2. The summed E-state index contributed by atoms with van der Waals surface area (Å²) in [5.41, 5.74) is 2.09. The Hall–Kier alpha value is -2.24. The van der Waals surface area contributed by atoms with Crippen molar-refractivity contribution in [3.8, 4) is 0 Å². The summed E-state index contributed by atoms with van der Waals surface area (Å²) in [6, 6.07) is 10.4. The first-order chi connectivity index (χ1) is 12.3. The number of fused-ring (bicyclic) bond motifs is 1. The Morgan fingerprint density at radius 2 is 2.04 bits per heavy atom.